The standard InChI is InChI=1S/C16H12O5/c1-7(2)14-11(16(19)20)10-12(17)8-5-3-4-6-9(8)13(18)15(10)21-14/h3-7H,1-2H3,(H,19,20). The number of carboxylic acid groups (broad SMARTS) is 1. The minimum absolute atomic E-state index is 0.130. The van der Waals surface area contributed by atoms with Gasteiger partial charge in [-0.15, -0.1) is 0 Å². The molecule has 0 unspecified atom stereocenters. The molecule has 0 saturated carbocycles. The summed E-state index contributed by atoms with van der Waals surface area (Å²) < 4.78 is 5.45. The molecular formula is C16H12O5. The average molecular weight is 284 g/mol. The molecule has 1 aliphatic rings. The Labute approximate surface area is 120 Å². The van der Waals surface area contributed by atoms with Gasteiger partial charge >= 0.3 is 5.97 Å². The monoisotopic (exact) mass is 284 g/mol. The van der Waals surface area contributed by atoms with Crippen LogP contribution in [0.25, 0.3) is 0 Å². The lowest BCUT2D eigenvalue weighted by atomic mass is 9.86. The molecule has 5 nitrogen and oxygen atoms in total. The molecule has 0 fully saturated rings. The van der Waals surface area contributed by atoms with E-state index >= 15 is 0 Å². The maximum Gasteiger partial charge on any atom is 0.340 e. The lowest BCUT2D eigenvalue weighted by Crippen LogP contribution is -2.21. The molecule has 0 atom stereocenters. The zero-order valence-corrected chi connectivity index (χ0v) is 11.5. The van der Waals surface area contributed by atoms with Gasteiger partial charge in [0.15, 0.2) is 11.5 Å². The molecule has 1 heterocycles. The van der Waals surface area contributed by atoms with E-state index in [1.807, 2.05) is 0 Å². The van der Waals surface area contributed by atoms with Crippen LogP contribution in [0.3, 0.4) is 0 Å². The average Bonchev–Trinajstić information content (AvgIpc) is 2.86. The van der Waals surface area contributed by atoms with Crippen molar-refractivity contribution < 1.29 is 23.9 Å². The first-order chi connectivity index (χ1) is 9.93. The molecule has 1 aromatic carbocycles. The molecule has 0 amide bonds. The summed E-state index contributed by atoms with van der Waals surface area (Å²) in [6.07, 6.45) is 0. The van der Waals surface area contributed by atoms with Gasteiger partial charge in [-0.25, -0.2) is 4.79 Å². The fraction of sp³-hybridized carbons (Fsp3) is 0.188. The Morgan fingerprint density at radius 2 is 1.67 bits per heavy atom. The third-order valence-corrected chi connectivity index (χ3v) is 3.52. The number of carbonyl (C=O) groups is 3. The molecule has 2 aromatic rings. The number of ketones is 2. The molecule has 106 valence electrons. The van der Waals surface area contributed by atoms with E-state index in [1.54, 1.807) is 26.0 Å². The van der Waals surface area contributed by atoms with Crippen molar-refractivity contribution in [2.24, 2.45) is 0 Å². The summed E-state index contributed by atoms with van der Waals surface area (Å²) in [6, 6.07) is 6.35. The Morgan fingerprint density at radius 1 is 1.10 bits per heavy atom. The van der Waals surface area contributed by atoms with Crippen LogP contribution in [0.5, 0.6) is 0 Å². The molecule has 0 saturated heterocycles. The first-order valence-electron chi connectivity index (χ1n) is 6.51. The van der Waals surface area contributed by atoms with Gasteiger partial charge in [-0.3, -0.25) is 9.59 Å². The summed E-state index contributed by atoms with van der Waals surface area (Å²) in [6.45, 7) is 3.50. The molecule has 5 heteroatoms. The van der Waals surface area contributed by atoms with Crippen LogP contribution in [0.2, 0.25) is 0 Å². The van der Waals surface area contributed by atoms with Crippen molar-refractivity contribution in [2.75, 3.05) is 0 Å². The van der Waals surface area contributed by atoms with Gasteiger partial charge in [0.2, 0.25) is 5.78 Å². The summed E-state index contributed by atoms with van der Waals surface area (Å²) in [5, 5.41) is 9.39. The highest BCUT2D eigenvalue weighted by atomic mass is 16.4. The Bertz CT molecular complexity index is 795. The largest absolute Gasteiger partial charge is 0.478 e. The topological polar surface area (TPSA) is 84.6 Å². The lowest BCUT2D eigenvalue weighted by molar-refractivity contribution is 0.0690. The number of furan rings is 1. The maximum absolute atomic E-state index is 12.5. The molecule has 3 rings (SSSR count). The SMILES string of the molecule is CC(C)c1oc2c(c1C(=O)O)C(=O)c1ccccc1C2=O. The summed E-state index contributed by atoms with van der Waals surface area (Å²) in [7, 11) is 0. The highest BCUT2D eigenvalue weighted by Gasteiger charge is 2.39. The van der Waals surface area contributed by atoms with Crippen LogP contribution in [0.4, 0.5) is 0 Å². The quantitative estimate of drug-likeness (QED) is 0.782. The normalized spacial score (nSPS) is 13.3. The molecule has 21 heavy (non-hydrogen) atoms. The first kappa shape index (κ1) is 13.3. The van der Waals surface area contributed by atoms with Gasteiger partial charge in [-0.1, -0.05) is 38.1 Å². The van der Waals surface area contributed by atoms with Crippen LogP contribution >= 0.6 is 0 Å². The Kier molecular flexibility index (Phi) is 2.79. The van der Waals surface area contributed by atoms with Crippen LogP contribution in [-0.2, 0) is 0 Å². The highest BCUT2D eigenvalue weighted by Crippen LogP contribution is 2.35. The Morgan fingerprint density at radius 3 is 2.19 bits per heavy atom. The van der Waals surface area contributed by atoms with E-state index in [4.69, 9.17) is 4.42 Å². The lowest BCUT2D eigenvalue weighted by Gasteiger charge is -2.12. The second-order valence-corrected chi connectivity index (χ2v) is 5.21. The van der Waals surface area contributed by atoms with E-state index < -0.39 is 17.5 Å². The Hall–Kier alpha value is -2.69. The van der Waals surface area contributed by atoms with E-state index in [-0.39, 0.29) is 39.7 Å². The van der Waals surface area contributed by atoms with Crippen LogP contribution in [0.1, 0.15) is 67.9 Å². The van der Waals surface area contributed by atoms with E-state index in [1.165, 1.54) is 12.1 Å². The van der Waals surface area contributed by atoms with Crippen LogP contribution < -0.4 is 0 Å². The summed E-state index contributed by atoms with van der Waals surface area (Å²) >= 11 is 0. The number of hydrogen-bond acceptors (Lipinski definition) is 4. The van der Waals surface area contributed by atoms with Crippen LogP contribution in [0.15, 0.2) is 28.7 Å². The summed E-state index contributed by atoms with van der Waals surface area (Å²) in [5.41, 5.74) is 0.132. The molecule has 0 bridgehead atoms. The zero-order valence-electron chi connectivity index (χ0n) is 11.5. The molecule has 0 aliphatic heterocycles. The van der Waals surface area contributed by atoms with E-state index in [0.29, 0.717) is 0 Å². The second-order valence-electron chi connectivity index (χ2n) is 5.21. The second kappa shape index (κ2) is 4.41. The van der Waals surface area contributed by atoms with Crippen LogP contribution in [-0.4, -0.2) is 22.6 Å². The van der Waals surface area contributed by atoms with Crippen LogP contribution in [0, 0.1) is 0 Å². The van der Waals surface area contributed by atoms with Gasteiger partial charge in [0.25, 0.3) is 0 Å². The molecular weight excluding hydrogens is 272 g/mol. The maximum atomic E-state index is 12.5. The van der Waals surface area contributed by atoms with Crippen molar-refractivity contribution in [3.05, 3.63) is 58.0 Å². The van der Waals surface area contributed by atoms with Gasteiger partial charge in [-0.05, 0) is 0 Å². The number of aromatic carboxylic acids is 1. The molecule has 1 N–H and O–H groups in total. The van der Waals surface area contributed by atoms with Crippen molar-refractivity contribution in [1.82, 2.24) is 0 Å². The number of carboxylic acids is 1. The first-order valence-corrected chi connectivity index (χ1v) is 6.51. The van der Waals surface area contributed by atoms with E-state index in [9.17, 15) is 19.5 Å². The van der Waals surface area contributed by atoms with Crippen molar-refractivity contribution in [1.29, 1.82) is 0 Å². The fourth-order valence-electron chi connectivity index (χ4n) is 2.58. The van der Waals surface area contributed by atoms with Gasteiger partial charge in [0, 0.05) is 17.0 Å². The number of benzene rings is 1. The molecule has 1 aromatic heterocycles. The van der Waals surface area contributed by atoms with Gasteiger partial charge in [0.1, 0.15) is 11.3 Å². The number of carbonyl (C=O) groups excluding carboxylic acids is 2. The molecule has 0 radical (unpaired) electrons. The van der Waals surface area contributed by atoms with Crippen molar-refractivity contribution in [2.45, 2.75) is 19.8 Å². The highest BCUT2D eigenvalue weighted by molar-refractivity contribution is 6.29. The molecule has 1 aliphatic carbocycles. The predicted octanol–water partition coefficient (Wildman–Crippen LogP) is 2.88. The van der Waals surface area contributed by atoms with Gasteiger partial charge < -0.3 is 9.52 Å². The van der Waals surface area contributed by atoms with Gasteiger partial charge in [0.05, 0.1) is 5.56 Å². The van der Waals surface area contributed by atoms with Crippen molar-refractivity contribution in [3.63, 3.8) is 0 Å². The third kappa shape index (κ3) is 1.74. The summed E-state index contributed by atoms with van der Waals surface area (Å²) in [5.74, 6) is -2.45. The molecule has 0 spiro atoms. The third-order valence-electron chi connectivity index (χ3n) is 3.52. The summed E-state index contributed by atoms with van der Waals surface area (Å²) in [4.78, 5) is 36.5. The minimum Gasteiger partial charge on any atom is -0.478 e. The number of hydrogen-bond donors (Lipinski definition) is 1. The smallest absolute Gasteiger partial charge is 0.340 e. The number of fused-ring (bicyclic) bond motifs is 2. The Balaban J connectivity index is 2.36. The van der Waals surface area contributed by atoms with E-state index in [0.717, 1.165) is 0 Å². The van der Waals surface area contributed by atoms with Crippen molar-refractivity contribution in [3.8, 4) is 0 Å². The predicted molar refractivity (Wildman–Crippen MR) is 73.1 cm³/mol. The number of rotatable bonds is 2. The van der Waals surface area contributed by atoms with Crippen molar-refractivity contribution >= 4 is 17.5 Å². The van der Waals surface area contributed by atoms with Gasteiger partial charge in [-0.2, -0.15) is 0 Å². The zero-order chi connectivity index (χ0) is 15.3. The van der Waals surface area contributed by atoms with E-state index in [2.05, 4.69) is 0 Å². The fourth-order valence-corrected chi connectivity index (χ4v) is 2.58. The minimum atomic E-state index is -1.26.